The van der Waals surface area contributed by atoms with Gasteiger partial charge >= 0.3 is 11.9 Å². The quantitative estimate of drug-likeness (QED) is 0.537. The van der Waals surface area contributed by atoms with E-state index >= 15 is 0 Å². The minimum absolute atomic E-state index is 0.535. The Balaban J connectivity index is 1.96. The summed E-state index contributed by atoms with van der Waals surface area (Å²) in [7, 11) is 0. The van der Waals surface area contributed by atoms with Gasteiger partial charge in [-0.1, -0.05) is 0 Å². The molecule has 0 aliphatic carbocycles. The van der Waals surface area contributed by atoms with Gasteiger partial charge in [0.05, 0.1) is 0 Å². The van der Waals surface area contributed by atoms with Crippen LogP contribution in [-0.2, 0) is 23.8 Å². The minimum atomic E-state index is -0.968. The highest BCUT2D eigenvalue weighted by atomic mass is 16.6. The van der Waals surface area contributed by atoms with Crippen LogP contribution in [0.25, 0.3) is 0 Å². The molecule has 17 heavy (non-hydrogen) atoms. The second-order valence-corrected chi connectivity index (χ2v) is 5.04. The van der Waals surface area contributed by atoms with Gasteiger partial charge in [-0.25, -0.2) is 9.59 Å². The van der Waals surface area contributed by atoms with Crippen LogP contribution in [0.2, 0.25) is 0 Å². The van der Waals surface area contributed by atoms with E-state index in [9.17, 15) is 9.59 Å². The zero-order valence-electron chi connectivity index (χ0n) is 10.3. The molecular formula is C12H18O5. The van der Waals surface area contributed by atoms with Gasteiger partial charge in [0.15, 0.2) is 11.2 Å². The SMILES string of the molecule is C[C@]1(C(=O)OC(=O)[C@@]2(C)CCCO2)CCCO1. The fourth-order valence-corrected chi connectivity index (χ4v) is 2.18. The summed E-state index contributed by atoms with van der Waals surface area (Å²) in [4.78, 5) is 23.7. The van der Waals surface area contributed by atoms with Crippen LogP contribution in [0.3, 0.4) is 0 Å². The van der Waals surface area contributed by atoms with Gasteiger partial charge in [-0.15, -0.1) is 0 Å². The highest BCUT2D eigenvalue weighted by Crippen LogP contribution is 2.30. The number of hydrogen-bond acceptors (Lipinski definition) is 5. The molecule has 0 aromatic carbocycles. The number of esters is 2. The third-order valence-corrected chi connectivity index (χ3v) is 3.49. The van der Waals surface area contributed by atoms with Crippen LogP contribution in [0.5, 0.6) is 0 Å². The summed E-state index contributed by atoms with van der Waals surface area (Å²) in [6, 6.07) is 0. The average Bonchev–Trinajstić information content (AvgIpc) is 2.89. The maximum atomic E-state index is 11.9. The number of hydrogen-bond donors (Lipinski definition) is 0. The lowest BCUT2D eigenvalue weighted by molar-refractivity contribution is -0.184. The third kappa shape index (κ3) is 2.35. The van der Waals surface area contributed by atoms with E-state index in [2.05, 4.69) is 0 Å². The zero-order valence-corrected chi connectivity index (χ0v) is 10.3. The number of carbonyl (C=O) groups is 2. The lowest BCUT2D eigenvalue weighted by Crippen LogP contribution is -2.43. The molecule has 2 saturated heterocycles. The van der Waals surface area contributed by atoms with Crippen molar-refractivity contribution in [1.29, 1.82) is 0 Å². The Morgan fingerprint density at radius 2 is 1.35 bits per heavy atom. The molecule has 2 atom stereocenters. The smallest absolute Gasteiger partial charge is 0.345 e. The Hall–Kier alpha value is -0.940. The zero-order chi connectivity index (χ0) is 12.5. The molecule has 2 fully saturated rings. The van der Waals surface area contributed by atoms with Crippen LogP contribution in [0.15, 0.2) is 0 Å². The van der Waals surface area contributed by atoms with Gasteiger partial charge < -0.3 is 14.2 Å². The topological polar surface area (TPSA) is 61.8 Å². The van der Waals surface area contributed by atoms with E-state index in [1.807, 2.05) is 0 Å². The second kappa shape index (κ2) is 4.38. The molecule has 0 amide bonds. The van der Waals surface area contributed by atoms with E-state index in [1.165, 1.54) is 0 Å². The molecule has 2 heterocycles. The molecule has 2 aliphatic rings. The third-order valence-electron chi connectivity index (χ3n) is 3.49. The average molecular weight is 242 g/mol. The Labute approximate surface area is 100 Å². The summed E-state index contributed by atoms with van der Waals surface area (Å²) >= 11 is 0. The van der Waals surface area contributed by atoms with E-state index in [4.69, 9.17) is 14.2 Å². The van der Waals surface area contributed by atoms with Gasteiger partial charge in [0, 0.05) is 13.2 Å². The van der Waals surface area contributed by atoms with Gasteiger partial charge in [-0.05, 0) is 39.5 Å². The van der Waals surface area contributed by atoms with Crippen molar-refractivity contribution in [2.75, 3.05) is 13.2 Å². The second-order valence-electron chi connectivity index (χ2n) is 5.04. The van der Waals surface area contributed by atoms with Crippen molar-refractivity contribution < 1.29 is 23.8 Å². The number of rotatable bonds is 2. The Bertz CT molecular complexity index is 292. The van der Waals surface area contributed by atoms with Gasteiger partial charge in [0.1, 0.15) is 0 Å². The highest BCUT2D eigenvalue weighted by molar-refractivity contribution is 5.93. The summed E-state index contributed by atoms with van der Waals surface area (Å²) in [6.07, 6.45) is 2.81. The van der Waals surface area contributed by atoms with Gasteiger partial charge in [-0.3, -0.25) is 0 Å². The highest BCUT2D eigenvalue weighted by Gasteiger charge is 2.45. The fourth-order valence-electron chi connectivity index (χ4n) is 2.18. The van der Waals surface area contributed by atoms with E-state index < -0.39 is 23.1 Å². The first kappa shape index (κ1) is 12.5. The molecule has 0 unspecified atom stereocenters. The molecule has 0 N–H and O–H groups in total. The number of ether oxygens (including phenoxy) is 3. The van der Waals surface area contributed by atoms with E-state index in [-0.39, 0.29) is 0 Å². The maximum absolute atomic E-state index is 11.9. The molecule has 0 bridgehead atoms. The summed E-state index contributed by atoms with van der Waals surface area (Å²) in [5, 5.41) is 0. The van der Waals surface area contributed by atoms with Gasteiger partial charge in [0.2, 0.25) is 0 Å². The van der Waals surface area contributed by atoms with Crippen molar-refractivity contribution in [3.05, 3.63) is 0 Å². The van der Waals surface area contributed by atoms with E-state index in [1.54, 1.807) is 13.8 Å². The predicted octanol–water partition coefficient (Wildman–Crippen LogP) is 1.19. The van der Waals surface area contributed by atoms with Crippen LogP contribution in [0, 0.1) is 0 Å². The van der Waals surface area contributed by atoms with Crippen molar-refractivity contribution in [1.82, 2.24) is 0 Å². The van der Waals surface area contributed by atoms with Crippen LogP contribution >= 0.6 is 0 Å². The molecule has 0 spiro atoms. The van der Waals surface area contributed by atoms with Gasteiger partial charge in [-0.2, -0.15) is 0 Å². The normalized spacial score (nSPS) is 37.1. The first-order valence-electron chi connectivity index (χ1n) is 6.01. The largest absolute Gasteiger partial charge is 0.389 e. The molecule has 0 saturated carbocycles. The maximum Gasteiger partial charge on any atom is 0.345 e. The summed E-state index contributed by atoms with van der Waals surface area (Å²) in [5.74, 6) is -1.20. The summed E-state index contributed by atoms with van der Waals surface area (Å²) in [5.41, 5.74) is -1.94. The minimum Gasteiger partial charge on any atom is -0.389 e. The fraction of sp³-hybridized carbons (Fsp3) is 0.833. The lowest BCUT2D eigenvalue weighted by Gasteiger charge is -2.24. The molecule has 0 radical (unpaired) electrons. The number of carbonyl (C=O) groups excluding carboxylic acids is 2. The van der Waals surface area contributed by atoms with Crippen LogP contribution in [0.1, 0.15) is 39.5 Å². The molecule has 96 valence electrons. The van der Waals surface area contributed by atoms with Gasteiger partial charge in [0.25, 0.3) is 0 Å². The molecular weight excluding hydrogens is 224 g/mol. The Kier molecular flexibility index (Phi) is 3.23. The van der Waals surface area contributed by atoms with E-state index in [0.717, 1.165) is 12.8 Å². The van der Waals surface area contributed by atoms with Crippen LogP contribution < -0.4 is 0 Å². The molecule has 0 aromatic heterocycles. The van der Waals surface area contributed by atoms with Crippen molar-refractivity contribution in [2.24, 2.45) is 0 Å². The van der Waals surface area contributed by atoms with Crippen LogP contribution in [-0.4, -0.2) is 36.4 Å². The monoisotopic (exact) mass is 242 g/mol. The predicted molar refractivity (Wildman–Crippen MR) is 58.3 cm³/mol. The first-order chi connectivity index (χ1) is 7.96. The van der Waals surface area contributed by atoms with Crippen molar-refractivity contribution in [2.45, 2.75) is 50.7 Å². The lowest BCUT2D eigenvalue weighted by atomic mass is 10.0. The molecule has 2 aliphatic heterocycles. The van der Waals surface area contributed by atoms with Crippen molar-refractivity contribution in [3.63, 3.8) is 0 Å². The van der Waals surface area contributed by atoms with Crippen molar-refractivity contribution in [3.8, 4) is 0 Å². The summed E-state index contributed by atoms with van der Waals surface area (Å²) in [6.45, 7) is 4.39. The molecule has 5 heteroatoms. The summed E-state index contributed by atoms with van der Waals surface area (Å²) < 4.78 is 15.6. The standard InChI is InChI=1S/C12H18O5/c1-11(5-3-7-15-11)9(13)17-10(14)12(2)6-4-8-16-12/h3-8H2,1-2H3/t11-,12-/m1/s1. The Morgan fingerprint density at radius 3 is 1.65 bits per heavy atom. The van der Waals surface area contributed by atoms with Crippen molar-refractivity contribution >= 4 is 11.9 Å². The molecule has 5 nitrogen and oxygen atoms in total. The molecule has 2 rings (SSSR count). The first-order valence-corrected chi connectivity index (χ1v) is 6.01. The Morgan fingerprint density at radius 1 is 0.941 bits per heavy atom. The van der Waals surface area contributed by atoms with Crippen LogP contribution in [0.4, 0.5) is 0 Å². The molecule has 0 aromatic rings. The van der Waals surface area contributed by atoms with E-state index in [0.29, 0.717) is 26.1 Å².